The Kier molecular flexibility index (Phi) is 4.24. The number of carbonyl (C=O) groups excluding carboxylic acids is 1. The van der Waals surface area contributed by atoms with E-state index in [1.165, 1.54) is 0 Å². The van der Waals surface area contributed by atoms with Crippen molar-refractivity contribution in [3.63, 3.8) is 0 Å². The Hall–Kier alpha value is -2.14. The standard InChI is InChI=1S/C17H22N4O/c1-12-15(11-19-20-12)14-7-5-13(6-8-14)10-18-17(22)16-4-3-9-21(16)2/h5-8,11,16H,3-4,9-10H2,1-2H3,(H,18,22)(H,19,20). The third-order valence-corrected chi connectivity index (χ3v) is 4.38. The summed E-state index contributed by atoms with van der Waals surface area (Å²) >= 11 is 0. The Balaban J connectivity index is 1.60. The maximum Gasteiger partial charge on any atom is 0.237 e. The highest BCUT2D eigenvalue weighted by Crippen LogP contribution is 2.21. The molecule has 5 nitrogen and oxygen atoms in total. The summed E-state index contributed by atoms with van der Waals surface area (Å²) in [6.45, 7) is 3.60. The molecule has 1 atom stereocenters. The molecule has 0 saturated carbocycles. The molecule has 1 aromatic carbocycles. The molecule has 22 heavy (non-hydrogen) atoms. The number of rotatable bonds is 4. The number of likely N-dealkylation sites (tertiary alicyclic amines) is 1. The van der Waals surface area contributed by atoms with Crippen molar-refractivity contribution in [3.8, 4) is 11.1 Å². The number of amides is 1. The number of likely N-dealkylation sites (N-methyl/N-ethyl adjacent to an activating group) is 1. The number of hydrogen-bond acceptors (Lipinski definition) is 3. The lowest BCUT2D eigenvalue weighted by atomic mass is 10.0. The summed E-state index contributed by atoms with van der Waals surface area (Å²) in [5.74, 6) is 0.134. The molecule has 0 bridgehead atoms. The van der Waals surface area contributed by atoms with E-state index in [9.17, 15) is 4.79 Å². The van der Waals surface area contributed by atoms with Gasteiger partial charge in [-0.05, 0) is 44.5 Å². The minimum Gasteiger partial charge on any atom is -0.351 e. The van der Waals surface area contributed by atoms with Crippen LogP contribution >= 0.6 is 0 Å². The molecule has 2 aromatic rings. The van der Waals surface area contributed by atoms with Gasteiger partial charge in [0.25, 0.3) is 0 Å². The van der Waals surface area contributed by atoms with Gasteiger partial charge in [0.2, 0.25) is 5.91 Å². The van der Waals surface area contributed by atoms with Gasteiger partial charge < -0.3 is 5.32 Å². The highest BCUT2D eigenvalue weighted by molar-refractivity contribution is 5.82. The van der Waals surface area contributed by atoms with Crippen molar-refractivity contribution in [3.05, 3.63) is 41.7 Å². The van der Waals surface area contributed by atoms with Crippen LogP contribution in [0.3, 0.4) is 0 Å². The second-order valence-electron chi connectivity index (χ2n) is 5.96. The first-order valence-electron chi connectivity index (χ1n) is 7.72. The Morgan fingerprint density at radius 2 is 2.18 bits per heavy atom. The van der Waals surface area contributed by atoms with Gasteiger partial charge in [0, 0.05) is 17.8 Å². The monoisotopic (exact) mass is 298 g/mol. The van der Waals surface area contributed by atoms with Crippen molar-refractivity contribution in [2.75, 3.05) is 13.6 Å². The minimum absolute atomic E-state index is 0.0350. The second-order valence-corrected chi connectivity index (χ2v) is 5.96. The van der Waals surface area contributed by atoms with Crippen LogP contribution in [0.5, 0.6) is 0 Å². The number of nitrogens with one attached hydrogen (secondary N) is 2. The van der Waals surface area contributed by atoms with Crippen molar-refractivity contribution in [2.24, 2.45) is 0 Å². The quantitative estimate of drug-likeness (QED) is 0.908. The van der Waals surface area contributed by atoms with E-state index in [1.807, 2.05) is 20.2 Å². The average Bonchev–Trinajstić information content (AvgIpc) is 3.14. The van der Waals surface area contributed by atoms with E-state index in [4.69, 9.17) is 0 Å². The maximum absolute atomic E-state index is 12.2. The smallest absolute Gasteiger partial charge is 0.237 e. The van der Waals surface area contributed by atoms with Crippen LogP contribution in [0.2, 0.25) is 0 Å². The molecule has 2 N–H and O–H groups in total. The van der Waals surface area contributed by atoms with Crippen molar-refractivity contribution >= 4 is 5.91 Å². The maximum atomic E-state index is 12.2. The van der Waals surface area contributed by atoms with Crippen LogP contribution in [-0.2, 0) is 11.3 Å². The molecule has 1 amide bonds. The highest BCUT2D eigenvalue weighted by atomic mass is 16.2. The summed E-state index contributed by atoms with van der Waals surface area (Å²) in [6.07, 6.45) is 3.90. The summed E-state index contributed by atoms with van der Waals surface area (Å²) in [5, 5.41) is 10.0. The number of H-pyrrole nitrogens is 1. The predicted octanol–water partition coefficient (Wildman–Crippen LogP) is 2.10. The zero-order valence-corrected chi connectivity index (χ0v) is 13.1. The summed E-state index contributed by atoms with van der Waals surface area (Å²) in [4.78, 5) is 14.3. The SMILES string of the molecule is Cc1[nH]ncc1-c1ccc(CNC(=O)C2CCCN2C)cc1. The fourth-order valence-electron chi connectivity index (χ4n) is 2.99. The fourth-order valence-corrected chi connectivity index (χ4v) is 2.99. The van der Waals surface area contributed by atoms with Gasteiger partial charge in [-0.3, -0.25) is 14.8 Å². The number of carbonyl (C=O) groups is 1. The van der Waals surface area contributed by atoms with E-state index in [-0.39, 0.29) is 11.9 Å². The van der Waals surface area contributed by atoms with Gasteiger partial charge in [-0.15, -0.1) is 0 Å². The molecule has 2 heterocycles. The normalized spacial score (nSPS) is 18.5. The molecule has 1 aromatic heterocycles. The molecular formula is C17H22N4O. The molecule has 1 saturated heterocycles. The van der Waals surface area contributed by atoms with Crippen molar-refractivity contribution in [1.82, 2.24) is 20.4 Å². The molecule has 0 radical (unpaired) electrons. The second kappa shape index (κ2) is 6.32. The number of aryl methyl sites for hydroxylation is 1. The van der Waals surface area contributed by atoms with Gasteiger partial charge >= 0.3 is 0 Å². The van der Waals surface area contributed by atoms with E-state index < -0.39 is 0 Å². The van der Waals surface area contributed by atoms with Gasteiger partial charge in [-0.25, -0.2) is 0 Å². The molecule has 116 valence electrons. The minimum atomic E-state index is 0.0350. The molecule has 1 aliphatic heterocycles. The van der Waals surface area contributed by atoms with Crippen LogP contribution in [0.4, 0.5) is 0 Å². The van der Waals surface area contributed by atoms with Crippen LogP contribution < -0.4 is 5.32 Å². The molecule has 0 spiro atoms. The number of benzene rings is 1. The summed E-state index contributed by atoms with van der Waals surface area (Å²) in [7, 11) is 2.01. The van der Waals surface area contributed by atoms with E-state index in [1.54, 1.807) is 0 Å². The fraction of sp³-hybridized carbons (Fsp3) is 0.412. The zero-order chi connectivity index (χ0) is 15.5. The molecule has 1 aliphatic rings. The number of aromatic amines is 1. The zero-order valence-electron chi connectivity index (χ0n) is 13.1. The lowest BCUT2D eigenvalue weighted by molar-refractivity contribution is -0.125. The van der Waals surface area contributed by atoms with Gasteiger partial charge in [0.1, 0.15) is 0 Å². The number of aromatic nitrogens is 2. The summed E-state index contributed by atoms with van der Waals surface area (Å²) in [5.41, 5.74) is 4.42. The number of nitrogens with zero attached hydrogens (tertiary/aromatic N) is 2. The topological polar surface area (TPSA) is 61.0 Å². The van der Waals surface area contributed by atoms with Crippen molar-refractivity contribution in [2.45, 2.75) is 32.4 Å². The summed E-state index contributed by atoms with van der Waals surface area (Å²) < 4.78 is 0. The average molecular weight is 298 g/mol. The predicted molar refractivity (Wildman–Crippen MR) is 86.3 cm³/mol. The van der Waals surface area contributed by atoms with Gasteiger partial charge in [0.05, 0.1) is 12.2 Å². The van der Waals surface area contributed by atoms with E-state index in [0.717, 1.165) is 41.8 Å². The van der Waals surface area contributed by atoms with E-state index in [2.05, 4.69) is 44.7 Å². The van der Waals surface area contributed by atoms with Gasteiger partial charge in [-0.2, -0.15) is 5.10 Å². The third-order valence-electron chi connectivity index (χ3n) is 4.38. The van der Waals surface area contributed by atoms with E-state index >= 15 is 0 Å². The largest absolute Gasteiger partial charge is 0.351 e. The van der Waals surface area contributed by atoms with Crippen LogP contribution in [0.25, 0.3) is 11.1 Å². The Labute approximate surface area is 130 Å². The van der Waals surface area contributed by atoms with Crippen LogP contribution in [0.15, 0.2) is 30.5 Å². The molecule has 1 unspecified atom stereocenters. The number of hydrogen-bond donors (Lipinski definition) is 2. The van der Waals surface area contributed by atoms with Crippen LogP contribution in [0, 0.1) is 6.92 Å². The Morgan fingerprint density at radius 3 is 2.77 bits per heavy atom. The van der Waals surface area contributed by atoms with Crippen LogP contribution in [0.1, 0.15) is 24.1 Å². The first kappa shape index (κ1) is 14.8. The summed E-state index contributed by atoms with van der Waals surface area (Å²) in [6, 6.07) is 8.29. The molecule has 0 aliphatic carbocycles. The Bertz CT molecular complexity index is 647. The molecule has 5 heteroatoms. The lowest BCUT2D eigenvalue weighted by Gasteiger charge is -2.18. The molecular weight excluding hydrogens is 276 g/mol. The molecule has 3 rings (SSSR count). The third kappa shape index (κ3) is 3.04. The van der Waals surface area contributed by atoms with Gasteiger partial charge in [-0.1, -0.05) is 24.3 Å². The van der Waals surface area contributed by atoms with E-state index in [0.29, 0.717) is 6.54 Å². The van der Waals surface area contributed by atoms with Crippen molar-refractivity contribution in [1.29, 1.82) is 0 Å². The first-order valence-corrected chi connectivity index (χ1v) is 7.72. The lowest BCUT2D eigenvalue weighted by Crippen LogP contribution is -2.41. The highest BCUT2D eigenvalue weighted by Gasteiger charge is 2.27. The Morgan fingerprint density at radius 1 is 1.41 bits per heavy atom. The first-order chi connectivity index (χ1) is 10.6. The van der Waals surface area contributed by atoms with Crippen LogP contribution in [-0.4, -0.2) is 40.6 Å². The van der Waals surface area contributed by atoms with Crippen molar-refractivity contribution < 1.29 is 4.79 Å². The van der Waals surface area contributed by atoms with Gasteiger partial charge in [0.15, 0.2) is 0 Å². The molecule has 1 fully saturated rings.